The normalized spacial score (nSPS) is 29.4. The van der Waals surface area contributed by atoms with Crippen molar-refractivity contribution in [3.05, 3.63) is 52.7 Å². The second kappa shape index (κ2) is 8.46. The number of aryl methyl sites for hydroxylation is 1. The van der Waals surface area contributed by atoms with E-state index < -0.39 is 5.54 Å². The Kier molecular flexibility index (Phi) is 5.50. The predicted octanol–water partition coefficient (Wildman–Crippen LogP) is 4.03. The highest BCUT2D eigenvalue weighted by Gasteiger charge is 2.67. The number of oxazole rings is 1. The smallest absolute Gasteiger partial charge is 0.259 e. The van der Waals surface area contributed by atoms with Crippen LogP contribution in [0.1, 0.15) is 66.9 Å². The van der Waals surface area contributed by atoms with Gasteiger partial charge < -0.3 is 14.5 Å². The van der Waals surface area contributed by atoms with Crippen molar-refractivity contribution in [2.45, 2.75) is 69.9 Å². The van der Waals surface area contributed by atoms with Crippen LogP contribution in [0.2, 0.25) is 0 Å². The number of hydrogen-bond acceptors (Lipinski definition) is 5. The van der Waals surface area contributed by atoms with Gasteiger partial charge in [0.05, 0.1) is 12.3 Å². The molecule has 1 amide bonds. The van der Waals surface area contributed by atoms with Crippen molar-refractivity contribution in [1.29, 1.82) is 0 Å². The Balaban J connectivity index is 1.38. The number of carbonyl (C=O) groups is 1. The Hall–Kier alpha value is -2.69. The summed E-state index contributed by atoms with van der Waals surface area (Å²) in [7, 11) is 1.78. The molecule has 2 aromatic rings. The van der Waals surface area contributed by atoms with Crippen molar-refractivity contribution in [1.82, 2.24) is 15.2 Å². The fourth-order valence-electron chi connectivity index (χ4n) is 6.33. The molecule has 1 aromatic heterocycles. The molecule has 3 aliphatic carbocycles. The maximum atomic E-state index is 14.4. The molecular formula is C28H31N3O3S. The van der Waals surface area contributed by atoms with Gasteiger partial charge in [-0.15, -0.1) is 0 Å². The number of nitrogens with zero attached hydrogens (tertiary/aromatic N) is 2. The van der Waals surface area contributed by atoms with E-state index in [4.69, 9.17) is 21.4 Å². The Morgan fingerprint density at radius 2 is 2.09 bits per heavy atom. The van der Waals surface area contributed by atoms with E-state index in [1.54, 1.807) is 18.2 Å². The second-order valence-corrected chi connectivity index (χ2v) is 10.9. The molecule has 7 heteroatoms. The number of methoxy groups -OCH3 is 1. The van der Waals surface area contributed by atoms with E-state index in [9.17, 15) is 4.79 Å². The highest BCUT2D eigenvalue weighted by molar-refractivity contribution is 7.80. The Morgan fingerprint density at radius 3 is 2.77 bits per heavy atom. The molecule has 2 heterocycles. The highest BCUT2D eigenvalue weighted by Crippen LogP contribution is 2.60. The largest absolute Gasteiger partial charge is 0.446 e. The zero-order valence-corrected chi connectivity index (χ0v) is 21.2. The number of aromatic nitrogens is 1. The summed E-state index contributed by atoms with van der Waals surface area (Å²) in [6, 6.07) is 6.44. The third-order valence-corrected chi connectivity index (χ3v) is 8.71. The van der Waals surface area contributed by atoms with Gasteiger partial charge in [-0.05, 0) is 87.3 Å². The predicted molar refractivity (Wildman–Crippen MR) is 136 cm³/mol. The first kappa shape index (κ1) is 22.8. The fourth-order valence-corrected chi connectivity index (χ4v) is 6.66. The van der Waals surface area contributed by atoms with Gasteiger partial charge in [0, 0.05) is 37.0 Å². The van der Waals surface area contributed by atoms with Crippen LogP contribution in [0, 0.1) is 30.1 Å². The van der Waals surface area contributed by atoms with Crippen molar-refractivity contribution < 1.29 is 13.9 Å². The monoisotopic (exact) mass is 489 g/mol. The molecule has 1 N–H and O–H groups in total. The molecule has 1 aliphatic heterocycles. The number of amides is 1. The van der Waals surface area contributed by atoms with Crippen LogP contribution in [-0.2, 0) is 27.9 Å². The summed E-state index contributed by atoms with van der Waals surface area (Å²) in [5.41, 5.74) is 2.17. The van der Waals surface area contributed by atoms with Crippen molar-refractivity contribution in [3.8, 4) is 11.8 Å². The molecule has 4 aliphatic rings. The lowest BCUT2D eigenvalue weighted by Gasteiger charge is -2.46. The van der Waals surface area contributed by atoms with Gasteiger partial charge in [0.15, 0.2) is 16.5 Å². The van der Waals surface area contributed by atoms with Crippen LogP contribution in [0.3, 0.4) is 0 Å². The molecule has 2 saturated carbocycles. The number of rotatable bonds is 4. The SMILES string of the molecule is COC1CCC2(CC1)Cc1ccc(C#CC3CC3)cc1C21NC(=S)N(CCc2ncc(C)o2)C1=O. The lowest BCUT2D eigenvalue weighted by atomic mass is 9.61. The van der Waals surface area contributed by atoms with Gasteiger partial charge in [-0.2, -0.15) is 0 Å². The van der Waals surface area contributed by atoms with Crippen LogP contribution in [0.25, 0.3) is 0 Å². The number of carbonyl (C=O) groups excluding carboxylic acids is 1. The van der Waals surface area contributed by atoms with Crippen LogP contribution in [-0.4, -0.2) is 40.7 Å². The first-order chi connectivity index (χ1) is 16.9. The molecule has 182 valence electrons. The third kappa shape index (κ3) is 3.70. The molecule has 1 unspecified atom stereocenters. The first-order valence-electron chi connectivity index (χ1n) is 12.7. The highest BCUT2D eigenvalue weighted by atomic mass is 32.1. The van der Waals surface area contributed by atoms with Crippen molar-refractivity contribution in [2.24, 2.45) is 11.3 Å². The van der Waals surface area contributed by atoms with Gasteiger partial charge in [-0.1, -0.05) is 17.9 Å². The molecule has 2 spiro atoms. The average Bonchev–Trinajstić information content (AvgIpc) is 3.47. The summed E-state index contributed by atoms with van der Waals surface area (Å²) >= 11 is 5.79. The van der Waals surface area contributed by atoms with Crippen LogP contribution in [0.4, 0.5) is 0 Å². The summed E-state index contributed by atoms with van der Waals surface area (Å²) in [5.74, 6) is 8.70. The van der Waals surface area contributed by atoms with E-state index >= 15 is 0 Å². The molecule has 3 fully saturated rings. The van der Waals surface area contributed by atoms with E-state index in [0.717, 1.165) is 49.0 Å². The van der Waals surface area contributed by atoms with Gasteiger partial charge >= 0.3 is 0 Å². The summed E-state index contributed by atoms with van der Waals surface area (Å²) in [4.78, 5) is 20.4. The molecule has 6 nitrogen and oxygen atoms in total. The lowest BCUT2D eigenvalue weighted by molar-refractivity contribution is -0.138. The van der Waals surface area contributed by atoms with E-state index in [0.29, 0.717) is 29.9 Å². The Labute approximate surface area is 211 Å². The minimum atomic E-state index is -0.859. The summed E-state index contributed by atoms with van der Waals surface area (Å²) < 4.78 is 11.3. The third-order valence-electron chi connectivity index (χ3n) is 8.38. The van der Waals surface area contributed by atoms with E-state index in [1.165, 1.54) is 18.4 Å². The number of benzene rings is 1. The Morgan fingerprint density at radius 1 is 1.29 bits per heavy atom. The van der Waals surface area contributed by atoms with Crippen LogP contribution >= 0.6 is 12.2 Å². The topological polar surface area (TPSA) is 67.6 Å². The molecule has 0 radical (unpaired) electrons. The number of hydrogen-bond donors (Lipinski definition) is 1. The Bertz CT molecular complexity index is 1250. The van der Waals surface area contributed by atoms with Crippen LogP contribution in [0.5, 0.6) is 0 Å². The standard InChI is InChI=1S/C28H31N3O3S/c1-18-17-29-24(34-18)11-14-31-25(32)28(30-26(31)35)23-15-20(6-5-19-3-4-19)7-8-21(23)16-27(28)12-9-22(33-2)10-13-27/h7-8,15,17,19,22H,3-4,9-14,16H2,1-2H3,(H,30,35). The zero-order chi connectivity index (χ0) is 24.2. The van der Waals surface area contributed by atoms with E-state index in [2.05, 4.69) is 40.3 Å². The molecule has 35 heavy (non-hydrogen) atoms. The number of fused-ring (bicyclic) bond motifs is 3. The fraction of sp³-hybridized carbons (Fsp3) is 0.536. The molecular weight excluding hydrogens is 458 g/mol. The number of nitrogens with one attached hydrogen (secondary N) is 1. The quantitative estimate of drug-likeness (QED) is 0.517. The van der Waals surface area contributed by atoms with E-state index in [-0.39, 0.29) is 17.4 Å². The van der Waals surface area contributed by atoms with Gasteiger partial charge in [-0.25, -0.2) is 4.98 Å². The minimum Gasteiger partial charge on any atom is -0.446 e. The molecule has 1 saturated heterocycles. The molecule has 1 atom stereocenters. The molecule has 0 bridgehead atoms. The summed E-state index contributed by atoms with van der Waals surface area (Å²) in [6.45, 7) is 2.32. The maximum Gasteiger partial charge on any atom is 0.259 e. The van der Waals surface area contributed by atoms with Crippen molar-refractivity contribution in [3.63, 3.8) is 0 Å². The number of thiocarbonyl (C=S) groups is 1. The van der Waals surface area contributed by atoms with Crippen LogP contribution in [0.15, 0.2) is 28.8 Å². The van der Waals surface area contributed by atoms with Gasteiger partial charge in [-0.3, -0.25) is 9.69 Å². The van der Waals surface area contributed by atoms with E-state index in [1.807, 2.05) is 6.92 Å². The van der Waals surface area contributed by atoms with Crippen molar-refractivity contribution >= 4 is 23.2 Å². The van der Waals surface area contributed by atoms with Crippen LogP contribution < -0.4 is 5.32 Å². The molecule has 1 aromatic carbocycles. The maximum absolute atomic E-state index is 14.4. The molecule has 6 rings (SSSR count). The average molecular weight is 490 g/mol. The van der Waals surface area contributed by atoms with Crippen molar-refractivity contribution in [2.75, 3.05) is 13.7 Å². The summed E-state index contributed by atoms with van der Waals surface area (Å²) in [6.07, 6.45) is 9.44. The summed E-state index contributed by atoms with van der Waals surface area (Å²) in [5, 5.41) is 4.09. The zero-order valence-electron chi connectivity index (χ0n) is 20.4. The van der Waals surface area contributed by atoms with Gasteiger partial charge in [0.2, 0.25) is 0 Å². The number of ether oxygens (including phenoxy) is 1. The van der Waals surface area contributed by atoms with Gasteiger partial charge in [0.1, 0.15) is 5.76 Å². The van der Waals surface area contributed by atoms with Gasteiger partial charge in [0.25, 0.3) is 5.91 Å². The first-order valence-corrected chi connectivity index (χ1v) is 13.1. The second-order valence-electron chi connectivity index (χ2n) is 10.6. The lowest BCUT2D eigenvalue weighted by Crippen LogP contribution is -2.56. The minimum absolute atomic E-state index is 0.0488.